The van der Waals surface area contributed by atoms with Gasteiger partial charge in [-0.1, -0.05) is 71.6 Å². The monoisotopic (exact) mass is 383 g/mol. The van der Waals surface area contributed by atoms with E-state index in [2.05, 4.69) is 24.5 Å². The third-order valence-electron chi connectivity index (χ3n) is 4.70. The summed E-state index contributed by atoms with van der Waals surface area (Å²) >= 11 is 0. The van der Waals surface area contributed by atoms with E-state index in [-0.39, 0.29) is 24.7 Å². The number of nitrogens with one attached hydrogen (secondary N) is 2. The van der Waals surface area contributed by atoms with Crippen LogP contribution in [0.1, 0.15) is 104 Å². The summed E-state index contributed by atoms with van der Waals surface area (Å²) < 4.78 is 0. The molecule has 0 heterocycles. The quantitative estimate of drug-likeness (QED) is 0.315. The van der Waals surface area contributed by atoms with Crippen LogP contribution in [0.2, 0.25) is 0 Å². The maximum absolute atomic E-state index is 12.0. The molecule has 0 saturated heterocycles. The number of carbonyl (C=O) groups is 3. The zero-order valence-electron chi connectivity index (χ0n) is 17.5. The van der Waals surface area contributed by atoms with Gasteiger partial charge in [0, 0.05) is 19.4 Å². The Bertz CT molecular complexity index is 413. The first-order valence-corrected chi connectivity index (χ1v) is 10.9. The summed E-state index contributed by atoms with van der Waals surface area (Å²) in [6.45, 7) is 4.91. The summed E-state index contributed by atoms with van der Waals surface area (Å²) in [7, 11) is 0. The van der Waals surface area contributed by atoms with Crippen LogP contribution in [0.4, 0.5) is 0 Å². The fraction of sp³-hybridized carbons (Fsp3) is 0.857. The number of primary amides is 1. The summed E-state index contributed by atoms with van der Waals surface area (Å²) in [5.74, 6) is -0.854. The summed E-state index contributed by atoms with van der Waals surface area (Å²) in [6.07, 6.45) is 13.5. The van der Waals surface area contributed by atoms with Crippen molar-refractivity contribution in [1.29, 1.82) is 0 Å². The van der Waals surface area contributed by atoms with Crippen LogP contribution in [-0.4, -0.2) is 30.3 Å². The minimum atomic E-state index is -0.770. The third kappa shape index (κ3) is 16.3. The highest BCUT2D eigenvalue weighted by molar-refractivity contribution is 5.87. The molecule has 0 bridgehead atoms. The van der Waals surface area contributed by atoms with Crippen molar-refractivity contribution in [2.75, 3.05) is 6.54 Å². The highest BCUT2D eigenvalue weighted by Gasteiger charge is 2.19. The van der Waals surface area contributed by atoms with E-state index in [1.165, 1.54) is 38.5 Å². The minimum absolute atomic E-state index is 0.108. The lowest BCUT2D eigenvalue weighted by Gasteiger charge is -2.15. The Kier molecular flexibility index (Phi) is 16.8. The summed E-state index contributed by atoms with van der Waals surface area (Å²) in [5, 5.41) is 5.47. The number of rotatable bonds is 18. The predicted octanol–water partition coefficient (Wildman–Crippen LogP) is 3.57. The van der Waals surface area contributed by atoms with E-state index in [0.29, 0.717) is 13.0 Å². The molecule has 0 aliphatic heterocycles. The Morgan fingerprint density at radius 2 is 1.30 bits per heavy atom. The number of carbonyl (C=O) groups excluding carboxylic acids is 3. The third-order valence-corrected chi connectivity index (χ3v) is 4.70. The summed E-state index contributed by atoms with van der Waals surface area (Å²) in [5.41, 5.74) is 5.35. The van der Waals surface area contributed by atoms with Crippen molar-refractivity contribution in [3.05, 3.63) is 0 Å². The van der Waals surface area contributed by atoms with Crippen molar-refractivity contribution in [2.45, 2.75) is 110 Å². The largest absolute Gasteiger partial charge is 0.368 e. The number of hydrogen-bond donors (Lipinski definition) is 3. The molecule has 6 nitrogen and oxygen atoms in total. The second-order valence-electron chi connectivity index (χ2n) is 7.34. The van der Waals surface area contributed by atoms with Gasteiger partial charge >= 0.3 is 0 Å². The van der Waals surface area contributed by atoms with Crippen LogP contribution < -0.4 is 16.4 Å². The molecule has 0 spiro atoms. The van der Waals surface area contributed by atoms with E-state index < -0.39 is 11.9 Å². The molecule has 3 amide bonds. The van der Waals surface area contributed by atoms with E-state index in [1.54, 1.807) is 0 Å². The van der Waals surface area contributed by atoms with Gasteiger partial charge in [0.25, 0.3) is 0 Å². The number of unbranched alkanes of at least 4 members (excludes halogenated alkanes) is 9. The molecule has 0 saturated carbocycles. The van der Waals surface area contributed by atoms with Crippen LogP contribution in [0, 0.1) is 0 Å². The van der Waals surface area contributed by atoms with Crippen LogP contribution in [0.3, 0.4) is 0 Å². The average Bonchev–Trinajstić information content (AvgIpc) is 2.63. The summed E-state index contributed by atoms with van der Waals surface area (Å²) in [6, 6.07) is -0.770. The Hall–Kier alpha value is -1.59. The molecule has 6 heteroatoms. The zero-order valence-corrected chi connectivity index (χ0v) is 17.5. The molecule has 158 valence electrons. The Balaban J connectivity index is 3.83. The van der Waals surface area contributed by atoms with Crippen LogP contribution in [0.15, 0.2) is 0 Å². The first-order chi connectivity index (χ1) is 13.0. The second-order valence-corrected chi connectivity index (χ2v) is 7.34. The van der Waals surface area contributed by atoms with Crippen LogP contribution in [-0.2, 0) is 14.4 Å². The lowest BCUT2D eigenvalue weighted by molar-refractivity contribution is -0.128. The zero-order chi connectivity index (χ0) is 20.3. The van der Waals surface area contributed by atoms with Gasteiger partial charge in [-0.2, -0.15) is 0 Å². The number of amides is 3. The van der Waals surface area contributed by atoms with E-state index in [9.17, 15) is 14.4 Å². The number of nitrogens with two attached hydrogens (primary N) is 1. The molecule has 0 aromatic rings. The molecule has 0 unspecified atom stereocenters. The first-order valence-electron chi connectivity index (χ1n) is 10.9. The van der Waals surface area contributed by atoms with Crippen molar-refractivity contribution in [2.24, 2.45) is 5.73 Å². The standard InChI is InChI=1S/C21H41N3O3/c1-3-5-7-8-9-10-11-12-13-14-20(26)24-18(21(22)27)15-16-19(25)23-17-6-4-2/h18H,3-17H2,1-2H3,(H2,22,27)(H,23,25)(H,24,26)/t18-/m0/s1. The Morgan fingerprint density at radius 3 is 1.85 bits per heavy atom. The van der Waals surface area contributed by atoms with E-state index in [0.717, 1.165) is 32.1 Å². The Labute approximate surface area is 165 Å². The lowest BCUT2D eigenvalue weighted by Crippen LogP contribution is -2.45. The van der Waals surface area contributed by atoms with E-state index in [1.807, 2.05) is 0 Å². The second kappa shape index (κ2) is 17.8. The van der Waals surface area contributed by atoms with Crippen LogP contribution in [0.5, 0.6) is 0 Å². The molecule has 0 aliphatic rings. The normalized spacial score (nSPS) is 11.8. The molecule has 0 rings (SSSR count). The van der Waals surface area contributed by atoms with Crippen LogP contribution >= 0.6 is 0 Å². The molecular weight excluding hydrogens is 342 g/mol. The highest BCUT2D eigenvalue weighted by atomic mass is 16.2. The molecule has 1 atom stereocenters. The maximum atomic E-state index is 12.0. The Morgan fingerprint density at radius 1 is 0.741 bits per heavy atom. The molecule has 0 aliphatic carbocycles. The molecule has 0 radical (unpaired) electrons. The van der Waals surface area contributed by atoms with Gasteiger partial charge < -0.3 is 16.4 Å². The maximum Gasteiger partial charge on any atom is 0.240 e. The number of hydrogen-bond acceptors (Lipinski definition) is 3. The lowest BCUT2D eigenvalue weighted by atomic mass is 10.1. The smallest absolute Gasteiger partial charge is 0.240 e. The van der Waals surface area contributed by atoms with Gasteiger partial charge in [-0.25, -0.2) is 0 Å². The topological polar surface area (TPSA) is 101 Å². The van der Waals surface area contributed by atoms with Gasteiger partial charge in [-0.05, 0) is 19.3 Å². The van der Waals surface area contributed by atoms with E-state index >= 15 is 0 Å². The van der Waals surface area contributed by atoms with Gasteiger partial charge in [-0.3, -0.25) is 14.4 Å². The SMILES string of the molecule is CCCCCCCCCCCC(=O)N[C@@H](CCC(=O)NCCCC)C(N)=O. The van der Waals surface area contributed by atoms with Crippen molar-refractivity contribution < 1.29 is 14.4 Å². The molecule has 0 aromatic carbocycles. The van der Waals surface area contributed by atoms with E-state index in [4.69, 9.17) is 5.73 Å². The van der Waals surface area contributed by atoms with Crippen molar-refractivity contribution in [3.63, 3.8) is 0 Å². The van der Waals surface area contributed by atoms with Crippen molar-refractivity contribution >= 4 is 17.7 Å². The molecule has 4 N–H and O–H groups in total. The van der Waals surface area contributed by atoms with Crippen molar-refractivity contribution in [3.8, 4) is 0 Å². The van der Waals surface area contributed by atoms with Gasteiger partial charge in [0.05, 0.1) is 0 Å². The fourth-order valence-corrected chi connectivity index (χ4v) is 2.92. The van der Waals surface area contributed by atoms with Crippen LogP contribution in [0.25, 0.3) is 0 Å². The molecule has 27 heavy (non-hydrogen) atoms. The fourth-order valence-electron chi connectivity index (χ4n) is 2.92. The van der Waals surface area contributed by atoms with Gasteiger partial charge in [-0.15, -0.1) is 0 Å². The molecular formula is C21H41N3O3. The van der Waals surface area contributed by atoms with Crippen molar-refractivity contribution in [1.82, 2.24) is 10.6 Å². The highest BCUT2D eigenvalue weighted by Crippen LogP contribution is 2.10. The average molecular weight is 384 g/mol. The van der Waals surface area contributed by atoms with Gasteiger partial charge in [0.15, 0.2) is 0 Å². The minimum Gasteiger partial charge on any atom is -0.368 e. The molecule has 0 fully saturated rings. The van der Waals surface area contributed by atoms with Gasteiger partial charge in [0.1, 0.15) is 6.04 Å². The molecule has 0 aromatic heterocycles. The summed E-state index contributed by atoms with van der Waals surface area (Å²) in [4.78, 5) is 35.2. The van der Waals surface area contributed by atoms with Gasteiger partial charge in [0.2, 0.25) is 17.7 Å². The first kappa shape index (κ1) is 25.4. The predicted molar refractivity (Wildman–Crippen MR) is 110 cm³/mol.